The molecule has 0 fully saturated rings. The van der Waals surface area contributed by atoms with E-state index in [0.29, 0.717) is 0 Å². The lowest BCUT2D eigenvalue weighted by atomic mass is 10.0. The van der Waals surface area contributed by atoms with Gasteiger partial charge in [-0.05, 0) is 41.3 Å². The summed E-state index contributed by atoms with van der Waals surface area (Å²) in [7, 11) is 0. The molecule has 1 aromatic carbocycles. The second-order valence-corrected chi connectivity index (χ2v) is 6.24. The molecule has 0 bridgehead atoms. The first-order valence-electron chi connectivity index (χ1n) is 8.40. The van der Waals surface area contributed by atoms with Crippen LogP contribution < -0.4 is 0 Å². The topological polar surface area (TPSA) is 43.1 Å². The molecule has 0 unspecified atom stereocenters. The molecule has 1 aliphatic carbocycles. The van der Waals surface area contributed by atoms with Crippen LogP contribution in [-0.2, 0) is 12.8 Å². The summed E-state index contributed by atoms with van der Waals surface area (Å²) in [4.78, 5) is 8.94. The SMILES string of the molecule is C1=C(Cc2cc(-c3cccnc3)nc3ccnn23)c2ccccc2C1. The maximum absolute atomic E-state index is 4.73. The summed E-state index contributed by atoms with van der Waals surface area (Å²) in [5.41, 5.74) is 8.06. The Morgan fingerprint density at radius 2 is 1.96 bits per heavy atom. The van der Waals surface area contributed by atoms with E-state index < -0.39 is 0 Å². The minimum Gasteiger partial charge on any atom is -0.264 e. The van der Waals surface area contributed by atoms with E-state index in [4.69, 9.17) is 4.98 Å². The first-order valence-corrected chi connectivity index (χ1v) is 8.40. The minimum absolute atomic E-state index is 0.838. The molecule has 0 saturated heterocycles. The van der Waals surface area contributed by atoms with Gasteiger partial charge in [-0.15, -0.1) is 0 Å². The van der Waals surface area contributed by atoms with Crippen LogP contribution in [0.4, 0.5) is 0 Å². The number of nitrogens with zero attached hydrogens (tertiary/aromatic N) is 4. The highest BCUT2D eigenvalue weighted by atomic mass is 15.2. The molecule has 0 spiro atoms. The Kier molecular flexibility index (Phi) is 3.20. The molecule has 0 N–H and O–H groups in total. The molecule has 4 aromatic rings. The van der Waals surface area contributed by atoms with Gasteiger partial charge in [0.2, 0.25) is 0 Å². The quantitative estimate of drug-likeness (QED) is 0.572. The standard InChI is InChI=1S/C21H16N4/c1-2-6-19-15(4-1)7-8-16(19)12-18-13-20(17-5-3-10-22-14-17)24-21-9-11-23-25(18)21/h1-6,8-11,13-14H,7,12H2. The van der Waals surface area contributed by atoms with Gasteiger partial charge >= 0.3 is 0 Å². The van der Waals surface area contributed by atoms with Gasteiger partial charge in [-0.2, -0.15) is 5.10 Å². The normalized spacial score (nSPS) is 13.0. The molecular formula is C21H16N4. The average Bonchev–Trinajstić information content (AvgIpc) is 3.30. The van der Waals surface area contributed by atoms with E-state index in [-0.39, 0.29) is 0 Å². The summed E-state index contributed by atoms with van der Waals surface area (Å²) in [5, 5.41) is 4.46. The zero-order chi connectivity index (χ0) is 16.6. The van der Waals surface area contributed by atoms with Gasteiger partial charge in [0.25, 0.3) is 0 Å². The smallest absolute Gasteiger partial charge is 0.155 e. The molecule has 3 aromatic heterocycles. The molecule has 0 amide bonds. The summed E-state index contributed by atoms with van der Waals surface area (Å²) in [6, 6.07) is 16.7. The molecule has 5 rings (SSSR count). The van der Waals surface area contributed by atoms with Crippen molar-refractivity contribution in [1.29, 1.82) is 0 Å². The van der Waals surface area contributed by atoms with Gasteiger partial charge in [-0.1, -0.05) is 30.3 Å². The number of allylic oxidation sites excluding steroid dienone is 2. The van der Waals surface area contributed by atoms with Gasteiger partial charge in [-0.3, -0.25) is 4.98 Å². The fourth-order valence-corrected chi connectivity index (χ4v) is 3.48. The van der Waals surface area contributed by atoms with Crippen LogP contribution in [0.1, 0.15) is 16.8 Å². The molecule has 120 valence electrons. The number of aromatic nitrogens is 4. The number of pyridine rings is 1. The third kappa shape index (κ3) is 2.43. The number of rotatable bonds is 3. The molecule has 0 radical (unpaired) electrons. The lowest BCUT2D eigenvalue weighted by Gasteiger charge is -2.10. The molecular weight excluding hydrogens is 308 g/mol. The highest BCUT2D eigenvalue weighted by molar-refractivity contribution is 5.75. The van der Waals surface area contributed by atoms with Crippen LogP contribution in [0.5, 0.6) is 0 Å². The third-order valence-corrected chi connectivity index (χ3v) is 4.69. The van der Waals surface area contributed by atoms with Crippen LogP contribution in [0.3, 0.4) is 0 Å². The maximum atomic E-state index is 4.73. The van der Waals surface area contributed by atoms with E-state index in [0.717, 1.165) is 35.4 Å². The Morgan fingerprint density at radius 3 is 2.88 bits per heavy atom. The van der Waals surface area contributed by atoms with Gasteiger partial charge in [0.1, 0.15) is 0 Å². The molecule has 0 atom stereocenters. The van der Waals surface area contributed by atoms with E-state index in [1.807, 2.05) is 28.9 Å². The summed E-state index contributed by atoms with van der Waals surface area (Å²) < 4.78 is 1.93. The third-order valence-electron chi connectivity index (χ3n) is 4.69. The van der Waals surface area contributed by atoms with Crippen molar-refractivity contribution in [1.82, 2.24) is 19.6 Å². The Labute approximate surface area is 145 Å². The van der Waals surface area contributed by atoms with Crippen molar-refractivity contribution in [3.05, 3.63) is 90.0 Å². The molecule has 3 heterocycles. The van der Waals surface area contributed by atoms with E-state index in [1.165, 1.54) is 16.7 Å². The van der Waals surface area contributed by atoms with Crippen molar-refractivity contribution in [3.8, 4) is 11.3 Å². The summed E-state index contributed by atoms with van der Waals surface area (Å²) >= 11 is 0. The molecule has 1 aliphatic rings. The number of benzene rings is 1. The highest BCUT2D eigenvalue weighted by Crippen LogP contribution is 2.30. The Bertz CT molecular complexity index is 1090. The molecule has 25 heavy (non-hydrogen) atoms. The largest absolute Gasteiger partial charge is 0.264 e. The van der Waals surface area contributed by atoms with Crippen LogP contribution in [0.2, 0.25) is 0 Å². The predicted molar refractivity (Wildman–Crippen MR) is 98.0 cm³/mol. The molecule has 0 aliphatic heterocycles. The molecule has 4 nitrogen and oxygen atoms in total. The van der Waals surface area contributed by atoms with Gasteiger partial charge in [0, 0.05) is 30.4 Å². The van der Waals surface area contributed by atoms with Gasteiger partial charge in [0.05, 0.1) is 17.6 Å². The van der Waals surface area contributed by atoms with Crippen molar-refractivity contribution in [2.45, 2.75) is 12.8 Å². The van der Waals surface area contributed by atoms with Crippen molar-refractivity contribution in [2.24, 2.45) is 0 Å². The highest BCUT2D eigenvalue weighted by Gasteiger charge is 2.16. The summed E-state index contributed by atoms with van der Waals surface area (Å²) in [6.45, 7) is 0. The van der Waals surface area contributed by atoms with E-state index in [1.54, 1.807) is 12.4 Å². The fraction of sp³-hybridized carbons (Fsp3) is 0.0952. The van der Waals surface area contributed by atoms with Crippen LogP contribution in [-0.4, -0.2) is 19.6 Å². The van der Waals surface area contributed by atoms with Crippen molar-refractivity contribution in [2.75, 3.05) is 0 Å². The van der Waals surface area contributed by atoms with Crippen LogP contribution in [0, 0.1) is 0 Å². The van der Waals surface area contributed by atoms with Crippen molar-refractivity contribution < 1.29 is 0 Å². The van der Waals surface area contributed by atoms with E-state index in [2.05, 4.69) is 46.5 Å². The first kappa shape index (κ1) is 14.1. The van der Waals surface area contributed by atoms with Crippen LogP contribution in [0.25, 0.3) is 22.5 Å². The summed E-state index contributed by atoms with van der Waals surface area (Å²) in [6.07, 6.45) is 9.60. The van der Waals surface area contributed by atoms with Gasteiger partial charge < -0.3 is 0 Å². The first-order chi connectivity index (χ1) is 12.4. The monoisotopic (exact) mass is 324 g/mol. The molecule has 0 saturated carbocycles. The Morgan fingerprint density at radius 1 is 1.00 bits per heavy atom. The maximum Gasteiger partial charge on any atom is 0.155 e. The lowest BCUT2D eigenvalue weighted by molar-refractivity contribution is 0.876. The second-order valence-electron chi connectivity index (χ2n) is 6.24. The molecule has 4 heteroatoms. The van der Waals surface area contributed by atoms with Gasteiger partial charge in [0.15, 0.2) is 5.65 Å². The Hall–Kier alpha value is -3.27. The van der Waals surface area contributed by atoms with E-state index in [9.17, 15) is 0 Å². The van der Waals surface area contributed by atoms with Crippen LogP contribution in [0.15, 0.2) is 73.2 Å². The van der Waals surface area contributed by atoms with Crippen molar-refractivity contribution in [3.63, 3.8) is 0 Å². The lowest BCUT2D eigenvalue weighted by Crippen LogP contribution is -2.03. The van der Waals surface area contributed by atoms with Crippen LogP contribution >= 0.6 is 0 Å². The number of hydrogen-bond donors (Lipinski definition) is 0. The summed E-state index contributed by atoms with van der Waals surface area (Å²) in [5.74, 6) is 0. The number of fused-ring (bicyclic) bond motifs is 2. The Balaban J connectivity index is 1.61. The minimum atomic E-state index is 0.838. The predicted octanol–water partition coefficient (Wildman–Crippen LogP) is 3.97. The zero-order valence-electron chi connectivity index (χ0n) is 13.6. The second kappa shape index (κ2) is 5.67. The number of hydrogen-bond acceptors (Lipinski definition) is 3. The zero-order valence-corrected chi connectivity index (χ0v) is 13.6. The van der Waals surface area contributed by atoms with Gasteiger partial charge in [-0.25, -0.2) is 9.50 Å². The fourth-order valence-electron chi connectivity index (χ4n) is 3.48. The average molecular weight is 324 g/mol. The van der Waals surface area contributed by atoms with Crippen molar-refractivity contribution >= 4 is 11.2 Å². The van der Waals surface area contributed by atoms with E-state index >= 15 is 0 Å².